The lowest BCUT2D eigenvalue weighted by Gasteiger charge is -2.31. The van der Waals surface area contributed by atoms with Crippen molar-refractivity contribution in [1.29, 1.82) is 0 Å². The van der Waals surface area contributed by atoms with Crippen LogP contribution in [0.25, 0.3) is 0 Å². The summed E-state index contributed by atoms with van der Waals surface area (Å²) in [5.41, 5.74) is 3.22. The lowest BCUT2D eigenvalue weighted by molar-refractivity contribution is 0.120. The van der Waals surface area contributed by atoms with Gasteiger partial charge in [-0.2, -0.15) is 0 Å². The van der Waals surface area contributed by atoms with E-state index < -0.39 is 8.80 Å². The highest BCUT2D eigenvalue weighted by atomic mass is 28.4. The first-order valence-electron chi connectivity index (χ1n) is 9.28. The summed E-state index contributed by atoms with van der Waals surface area (Å²) in [5, 5.41) is 0. The Balaban J connectivity index is 2.26. The van der Waals surface area contributed by atoms with Gasteiger partial charge in [0.05, 0.1) is 0 Å². The maximum absolute atomic E-state index is 5.75. The largest absolute Gasteiger partial charge is 0.501 e. The maximum atomic E-state index is 5.75. The van der Waals surface area contributed by atoms with Crippen LogP contribution in [0.4, 0.5) is 0 Å². The maximum Gasteiger partial charge on any atom is 0.501 e. The molecule has 3 nitrogen and oxygen atoms in total. The Morgan fingerprint density at radius 3 is 1.70 bits per heavy atom. The molecule has 0 aromatic rings. The van der Waals surface area contributed by atoms with Crippen molar-refractivity contribution in [1.82, 2.24) is 0 Å². The van der Waals surface area contributed by atoms with E-state index in [1.54, 1.807) is 32.5 Å². The minimum Gasteiger partial charge on any atom is -0.377 e. The molecule has 0 aromatic carbocycles. The van der Waals surface area contributed by atoms with Crippen molar-refractivity contribution < 1.29 is 13.3 Å². The lowest BCUT2D eigenvalue weighted by atomic mass is 9.87. The molecule has 0 fully saturated rings. The molecular formula is C19H34O3Si. The molecule has 2 aliphatic rings. The standard InChI is InChI=1S/C19H34O3Si/c1-20-23(21-2,22-3)16-19(17-12-8-4-5-9-13-17)18-14-10-6-7-11-15-18/h12,14,19H,4-11,13,15-16H2,1-3H3. The van der Waals surface area contributed by atoms with Gasteiger partial charge in [0.25, 0.3) is 0 Å². The van der Waals surface area contributed by atoms with Crippen LogP contribution in [0, 0.1) is 5.92 Å². The summed E-state index contributed by atoms with van der Waals surface area (Å²) in [4.78, 5) is 0. The predicted molar refractivity (Wildman–Crippen MR) is 97.4 cm³/mol. The molecule has 0 saturated carbocycles. The fourth-order valence-electron chi connectivity index (χ4n) is 3.96. The highest BCUT2D eigenvalue weighted by Gasteiger charge is 2.42. The normalized spacial score (nSPS) is 20.7. The topological polar surface area (TPSA) is 27.7 Å². The highest BCUT2D eigenvalue weighted by molar-refractivity contribution is 6.60. The highest BCUT2D eigenvalue weighted by Crippen LogP contribution is 2.38. The van der Waals surface area contributed by atoms with Crippen LogP contribution in [0.2, 0.25) is 6.04 Å². The van der Waals surface area contributed by atoms with Gasteiger partial charge in [-0.15, -0.1) is 0 Å². The Hall–Kier alpha value is -0.423. The van der Waals surface area contributed by atoms with Gasteiger partial charge in [-0.25, -0.2) is 0 Å². The van der Waals surface area contributed by atoms with E-state index in [2.05, 4.69) is 12.2 Å². The third-order valence-corrected chi connectivity index (χ3v) is 8.21. The third-order valence-electron chi connectivity index (χ3n) is 5.43. The number of hydrogen-bond donors (Lipinski definition) is 0. The second kappa shape index (κ2) is 9.77. The van der Waals surface area contributed by atoms with Crippen LogP contribution >= 0.6 is 0 Å². The fourth-order valence-corrected chi connectivity index (χ4v) is 5.99. The molecule has 0 atom stereocenters. The molecular weight excluding hydrogens is 304 g/mol. The number of allylic oxidation sites excluding steroid dienone is 4. The average Bonchev–Trinajstić information content (AvgIpc) is 3.02. The van der Waals surface area contributed by atoms with Crippen molar-refractivity contribution in [2.24, 2.45) is 5.92 Å². The summed E-state index contributed by atoms with van der Waals surface area (Å²) < 4.78 is 17.3. The van der Waals surface area contributed by atoms with Crippen LogP contribution in [0.5, 0.6) is 0 Å². The van der Waals surface area contributed by atoms with Gasteiger partial charge in [0.2, 0.25) is 0 Å². The molecule has 132 valence electrons. The Kier molecular flexibility index (Phi) is 8.03. The van der Waals surface area contributed by atoms with Gasteiger partial charge >= 0.3 is 8.80 Å². The monoisotopic (exact) mass is 338 g/mol. The summed E-state index contributed by atoms with van der Waals surface area (Å²) in [6.07, 6.45) is 17.9. The van der Waals surface area contributed by atoms with Gasteiger partial charge in [0.15, 0.2) is 0 Å². The molecule has 0 unspecified atom stereocenters. The Morgan fingerprint density at radius 1 is 0.783 bits per heavy atom. The van der Waals surface area contributed by atoms with Crippen LogP contribution in [0.1, 0.15) is 64.2 Å². The molecule has 0 heterocycles. The fraction of sp³-hybridized carbons (Fsp3) is 0.789. The first-order chi connectivity index (χ1) is 11.2. The zero-order chi connectivity index (χ0) is 16.5. The zero-order valence-corrected chi connectivity index (χ0v) is 16.2. The quantitative estimate of drug-likeness (QED) is 0.468. The smallest absolute Gasteiger partial charge is 0.377 e. The van der Waals surface area contributed by atoms with Crippen LogP contribution in [0.15, 0.2) is 23.3 Å². The van der Waals surface area contributed by atoms with Gasteiger partial charge < -0.3 is 13.3 Å². The summed E-state index contributed by atoms with van der Waals surface area (Å²) >= 11 is 0. The summed E-state index contributed by atoms with van der Waals surface area (Å²) in [7, 11) is 2.64. The zero-order valence-electron chi connectivity index (χ0n) is 15.2. The van der Waals surface area contributed by atoms with Crippen molar-refractivity contribution in [3.8, 4) is 0 Å². The van der Waals surface area contributed by atoms with Gasteiger partial charge in [-0.3, -0.25) is 0 Å². The van der Waals surface area contributed by atoms with Gasteiger partial charge in [0.1, 0.15) is 0 Å². The van der Waals surface area contributed by atoms with E-state index in [0.29, 0.717) is 5.92 Å². The van der Waals surface area contributed by atoms with E-state index in [1.165, 1.54) is 64.2 Å². The van der Waals surface area contributed by atoms with Crippen LogP contribution in [0.3, 0.4) is 0 Å². The third kappa shape index (κ3) is 5.28. The van der Waals surface area contributed by atoms with Crippen molar-refractivity contribution in [3.63, 3.8) is 0 Å². The molecule has 0 aliphatic heterocycles. The van der Waals surface area contributed by atoms with Crippen molar-refractivity contribution >= 4 is 8.80 Å². The molecule has 0 radical (unpaired) electrons. The molecule has 0 aromatic heterocycles. The van der Waals surface area contributed by atoms with E-state index in [1.807, 2.05) is 0 Å². The Morgan fingerprint density at radius 2 is 1.26 bits per heavy atom. The molecule has 0 bridgehead atoms. The first kappa shape index (κ1) is 18.9. The van der Waals surface area contributed by atoms with Gasteiger partial charge in [-0.1, -0.05) is 36.1 Å². The van der Waals surface area contributed by atoms with Crippen molar-refractivity contribution in [3.05, 3.63) is 23.3 Å². The Bertz CT molecular complexity index is 377. The minimum absolute atomic E-state index is 0.456. The minimum atomic E-state index is -2.56. The van der Waals surface area contributed by atoms with Crippen molar-refractivity contribution in [2.75, 3.05) is 21.3 Å². The van der Waals surface area contributed by atoms with E-state index in [4.69, 9.17) is 13.3 Å². The van der Waals surface area contributed by atoms with E-state index >= 15 is 0 Å². The number of rotatable bonds is 7. The lowest BCUT2D eigenvalue weighted by Crippen LogP contribution is -2.45. The molecule has 0 spiro atoms. The van der Waals surface area contributed by atoms with E-state index in [-0.39, 0.29) is 0 Å². The summed E-state index contributed by atoms with van der Waals surface area (Å²) in [6.45, 7) is 0. The molecule has 4 heteroatoms. The molecule has 0 N–H and O–H groups in total. The predicted octanol–water partition coefficient (Wildman–Crippen LogP) is 5.26. The van der Waals surface area contributed by atoms with Crippen LogP contribution in [-0.2, 0) is 13.3 Å². The van der Waals surface area contributed by atoms with Crippen molar-refractivity contribution in [2.45, 2.75) is 70.3 Å². The molecule has 0 amide bonds. The van der Waals surface area contributed by atoms with Gasteiger partial charge in [-0.05, 0) is 51.4 Å². The Labute approximate surface area is 143 Å². The molecule has 23 heavy (non-hydrogen) atoms. The van der Waals surface area contributed by atoms with E-state index in [9.17, 15) is 0 Å². The molecule has 2 rings (SSSR count). The van der Waals surface area contributed by atoms with Crippen LogP contribution < -0.4 is 0 Å². The molecule has 2 aliphatic carbocycles. The second-order valence-electron chi connectivity index (χ2n) is 6.81. The summed E-state index contributed by atoms with van der Waals surface area (Å²) in [5.74, 6) is 0.456. The average molecular weight is 339 g/mol. The van der Waals surface area contributed by atoms with E-state index in [0.717, 1.165) is 6.04 Å². The van der Waals surface area contributed by atoms with Crippen LogP contribution in [-0.4, -0.2) is 30.1 Å². The SMILES string of the molecule is CO[Si](CC(C1=CCCCCC1)C1=CCCCCC1)(OC)OC. The molecule has 0 saturated heterocycles. The second-order valence-corrected chi connectivity index (χ2v) is 9.81. The van der Waals surface area contributed by atoms with Gasteiger partial charge in [0, 0.05) is 33.3 Å². The summed E-state index contributed by atoms with van der Waals surface area (Å²) in [6, 6.07) is 0.883. The number of hydrogen-bond acceptors (Lipinski definition) is 3. The first-order valence-corrected chi connectivity index (χ1v) is 11.2.